The molecule has 204 valence electrons. The van der Waals surface area contributed by atoms with Gasteiger partial charge in [0, 0.05) is 13.0 Å². The highest BCUT2D eigenvalue weighted by Crippen LogP contribution is 2.68. The summed E-state index contributed by atoms with van der Waals surface area (Å²) in [5.41, 5.74) is 0.0509. The van der Waals surface area contributed by atoms with Gasteiger partial charge in [-0.25, -0.2) is 4.79 Å². The molecular weight excluding hydrogens is 458 g/mol. The number of carboxylic acid groups (broad SMARTS) is 1. The van der Waals surface area contributed by atoms with Crippen LogP contribution in [0.1, 0.15) is 91.4 Å². The number of carbonyl (C=O) groups is 2. The summed E-state index contributed by atoms with van der Waals surface area (Å²) in [6, 6.07) is -0.665. The van der Waals surface area contributed by atoms with Crippen molar-refractivity contribution in [2.24, 2.45) is 46.3 Å². The third kappa shape index (κ3) is 4.03. The van der Waals surface area contributed by atoms with Gasteiger partial charge >= 0.3 is 5.97 Å². The first kappa shape index (κ1) is 26.4. The zero-order valence-corrected chi connectivity index (χ0v) is 22.3. The number of likely N-dealkylation sites (tertiary alicyclic amines) is 1. The molecule has 7 heteroatoms. The standard InChI is InChI=1S/C29H47NO6/c1-16(6-9-23(32)30-14-4-5-22(30)27(35)36)18-7-8-19-24-20(11-13-28(18,19)2)29(3)12-10-17(31)15-21(29)25(33)26(24)34/h16-22,24-26,31,33-34H,4-15H2,1-3H3,(H,35,36)/t16-,17-,18-,19?,20?,21-,22+,24?,25?,26+,28-,29-/m1/s1. The van der Waals surface area contributed by atoms with Crippen LogP contribution in [-0.2, 0) is 9.59 Å². The number of fused-ring (bicyclic) bond motifs is 5. The van der Waals surface area contributed by atoms with Crippen LogP contribution in [0.5, 0.6) is 0 Å². The van der Waals surface area contributed by atoms with Crippen molar-refractivity contribution >= 4 is 11.9 Å². The molecule has 0 spiro atoms. The molecular formula is C29H47NO6. The second kappa shape index (κ2) is 9.53. The number of aliphatic hydroxyl groups is 3. The molecule has 7 nitrogen and oxygen atoms in total. The van der Waals surface area contributed by atoms with E-state index in [0.29, 0.717) is 49.5 Å². The predicted molar refractivity (Wildman–Crippen MR) is 135 cm³/mol. The number of hydrogen-bond acceptors (Lipinski definition) is 5. The van der Waals surface area contributed by atoms with Crippen LogP contribution in [0, 0.1) is 46.3 Å². The highest BCUT2D eigenvalue weighted by atomic mass is 16.4. The summed E-state index contributed by atoms with van der Waals surface area (Å²) in [5, 5.41) is 42.4. The van der Waals surface area contributed by atoms with E-state index in [4.69, 9.17) is 0 Å². The molecule has 36 heavy (non-hydrogen) atoms. The van der Waals surface area contributed by atoms with Crippen LogP contribution in [0.15, 0.2) is 0 Å². The van der Waals surface area contributed by atoms with Crippen LogP contribution in [0.3, 0.4) is 0 Å². The molecule has 1 amide bonds. The van der Waals surface area contributed by atoms with Crippen molar-refractivity contribution < 1.29 is 30.0 Å². The molecule has 4 N–H and O–H groups in total. The zero-order valence-electron chi connectivity index (χ0n) is 22.3. The van der Waals surface area contributed by atoms with Crippen LogP contribution in [-0.4, -0.2) is 68.1 Å². The Morgan fingerprint density at radius 1 is 0.917 bits per heavy atom. The van der Waals surface area contributed by atoms with E-state index in [1.807, 2.05) is 0 Å². The third-order valence-corrected chi connectivity index (χ3v) is 12.2. The minimum atomic E-state index is -0.895. The van der Waals surface area contributed by atoms with Gasteiger partial charge in [0.25, 0.3) is 0 Å². The Morgan fingerprint density at radius 2 is 1.61 bits per heavy atom. The molecule has 1 heterocycles. The third-order valence-electron chi connectivity index (χ3n) is 12.2. The zero-order chi connectivity index (χ0) is 26.0. The Balaban J connectivity index is 1.28. The Kier molecular flexibility index (Phi) is 7.00. The lowest BCUT2D eigenvalue weighted by Crippen LogP contribution is -2.64. The molecule has 4 saturated carbocycles. The smallest absolute Gasteiger partial charge is 0.326 e. The Labute approximate surface area is 215 Å². The van der Waals surface area contributed by atoms with Gasteiger partial charge in [0.15, 0.2) is 0 Å². The molecule has 5 fully saturated rings. The predicted octanol–water partition coefficient (Wildman–Crippen LogP) is 3.44. The fourth-order valence-corrected chi connectivity index (χ4v) is 10.2. The molecule has 1 aliphatic heterocycles. The molecule has 4 unspecified atom stereocenters. The fraction of sp³-hybridized carbons (Fsp3) is 0.931. The van der Waals surface area contributed by atoms with Gasteiger partial charge in [0.2, 0.25) is 5.91 Å². The Bertz CT molecular complexity index is 865. The Morgan fingerprint density at radius 3 is 2.33 bits per heavy atom. The number of hydrogen-bond donors (Lipinski definition) is 4. The summed E-state index contributed by atoms with van der Waals surface area (Å²) in [6.07, 6.45) is 7.21. The van der Waals surface area contributed by atoms with E-state index in [2.05, 4.69) is 20.8 Å². The lowest BCUT2D eigenvalue weighted by Gasteiger charge is -2.63. The van der Waals surface area contributed by atoms with Gasteiger partial charge in [-0.15, -0.1) is 0 Å². The first-order chi connectivity index (χ1) is 17.0. The van der Waals surface area contributed by atoms with Crippen molar-refractivity contribution in [1.82, 2.24) is 4.90 Å². The fourth-order valence-electron chi connectivity index (χ4n) is 10.2. The monoisotopic (exact) mass is 505 g/mol. The molecule has 5 rings (SSSR count). The lowest BCUT2D eigenvalue weighted by atomic mass is 9.43. The van der Waals surface area contributed by atoms with Crippen LogP contribution in [0.25, 0.3) is 0 Å². The van der Waals surface area contributed by atoms with Crippen LogP contribution < -0.4 is 0 Å². The largest absolute Gasteiger partial charge is 0.480 e. The van der Waals surface area contributed by atoms with Gasteiger partial charge in [-0.1, -0.05) is 20.8 Å². The number of aliphatic hydroxyl groups excluding tert-OH is 3. The van der Waals surface area contributed by atoms with Crippen molar-refractivity contribution in [2.75, 3.05) is 6.54 Å². The summed E-state index contributed by atoms with van der Waals surface area (Å²) in [7, 11) is 0. The summed E-state index contributed by atoms with van der Waals surface area (Å²) in [6.45, 7) is 7.50. The maximum absolute atomic E-state index is 12.9. The highest BCUT2D eigenvalue weighted by molar-refractivity contribution is 5.84. The van der Waals surface area contributed by atoms with Crippen molar-refractivity contribution in [3.63, 3.8) is 0 Å². The second-order valence-electron chi connectivity index (χ2n) is 13.6. The summed E-state index contributed by atoms with van der Waals surface area (Å²) < 4.78 is 0. The van der Waals surface area contributed by atoms with Crippen molar-refractivity contribution in [1.29, 1.82) is 0 Å². The lowest BCUT2D eigenvalue weighted by molar-refractivity contribution is -0.223. The highest BCUT2D eigenvalue weighted by Gasteiger charge is 2.65. The van der Waals surface area contributed by atoms with Crippen LogP contribution >= 0.6 is 0 Å². The molecule has 5 aliphatic rings. The maximum atomic E-state index is 12.9. The summed E-state index contributed by atoms with van der Waals surface area (Å²) in [4.78, 5) is 26.0. The van der Waals surface area contributed by atoms with E-state index < -0.39 is 24.2 Å². The minimum Gasteiger partial charge on any atom is -0.480 e. The van der Waals surface area contributed by atoms with Crippen molar-refractivity contribution in [3.05, 3.63) is 0 Å². The summed E-state index contributed by atoms with van der Waals surface area (Å²) >= 11 is 0. The average molecular weight is 506 g/mol. The van der Waals surface area contributed by atoms with E-state index in [0.717, 1.165) is 51.4 Å². The second-order valence-corrected chi connectivity index (χ2v) is 13.6. The van der Waals surface area contributed by atoms with E-state index in [-0.39, 0.29) is 34.7 Å². The van der Waals surface area contributed by atoms with Gasteiger partial charge in [-0.05, 0) is 111 Å². The molecule has 1 saturated heterocycles. The number of aliphatic carboxylic acids is 1. The van der Waals surface area contributed by atoms with Gasteiger partial charge in [0.05, 0.1) is 18.3 Å². The molecule has 4 aliphatic carbocycles. The summed E-state index contributed by atoms with van der Waals surface area (Å²) in [5.74, 6) is 0.694. The normalized spacial score (nSPS) is 49.2. The van der Waals surface area contributed by atoms with Gasteiger partial charge in [-0.2, -0.15) is 0 Å². The molecule has 12 atom stereocenters. The maximum Gasteiger partial charge on any atom is 0.326 e. The van der Waals surface area contributed by atoms with E-state index in [9.17, 15) is 30.0 Å². The number of carboxylic acids is 1. The number of nitrogens with zero attached hydrogens (tertiary/aromatic N) is 1. The molecule has 0 radical (unpaired) electrons. The number of carbonyl (C=O) groups excluding carboxylic acids is 1. The SMILES string of the molecule is C[C@H](CCC(=O)N1CCC[C@H]1C(=O)O)[C@H]1CCC2C3C(CC[C@@]21C)[C@@]1(C)CC[C@@H](O)C[C@@H]1C(O)[C@H]3O. The molecule has 0 aromatic rings. The first-order valence-corrected chi connectivity index (χ1v) is 14.6. The van der Waals surface area contributed by atoms with Gasteiger partial charge in [0.1, 0.15) is 6.04 Å². The van der Waals surface area contributed by atoms with Crippen molar-refractivity contribution in [3.8, 4) is 0 Å². The molecule has 0 bridgehead atoms. The van der Waals surface area contributed by atoms with Gasteiger partial charge < -0.3 is 25.3 Å². The van der Waals surface area contributed by atoms with Crippen LogP contribution in [0.2, 0.25) is 0 Å². The number of amides is 1. The quantitative estimate of drug-likeness (QED) is 0.455. The minimum absolute atomic E-state index is 0.0283. The van der Waals surface area contributed by atoms with Gasteiger partial charge in [-0.3, -0.25) is 4.79 Å². The topological polar surface area (TPSA) is 118 Å². The average Bonchev–Trinajstić information content (AvgIpc) is 3.46. The Hall–Kier alpha value is -1.18. The number of rotatable bonds is 5. The first-order valence-electron chi connectivity index (χ1n) is 14.6. The van der Waals surface area contributed by atoms with E-state index >= 15 is 0 Å². The van der Waals surface area contributed by atoms with E-state index in [1.165, 1.54) is 0 Å². The molecule has 0 aromatic carbocycles. The van der Waals surface area contributed by atoms with Crippen LogP contribution in [0.4, 0.5) is 0 Å². The van der Waals surface area contributed by atoms with Crippen molar-refractivity contribution in [2.45, 2.75) is 116 Å². The molecule has 0 aromatic heterocycles. The van der Waals surface area contributed by atoms with E-state index in [1.54, 1.807) is 4.90 Å².